The maximum atomic E-state index is 11.8. The highest BCUT2D eigenvalue weighted by atomic mass is 32.1. The number of anilines is 1. The summed E-state index contributed by atoms with van der Waals surface area (Å²) in [5.41, 5.74) is 1.77. The number of likely N-dealkylation sites (tertiary alicyclic amines) is 1. The molecule has 1 saturated heterocycles. The van der Waals surface area contributed by atoms with Crippen molar-refractivity contribution in [3.05, 3.63) is 18.2 Å². The topological polar surface area (TPSA) is 67.3 Å². The Hall–Kier alpha value is -1.80. The smallest absolute Gasteiger partial charge is 0.309 e. The third kappa shape index (κ3) is 3.76. The van der Waals surface area contributed by atoms with Crippen molar-refractivity contribution < 1.29 is 9.53 Å². The summed E-state index contributed by atoms with van der Waals surface area (Å²) in [5, 5.41) is 7.98. The number of thiocarbonyl (C=S) groups is 1. The summed E-state index contributed by atoms with van der Waals surface area (Å²) in [6.45, 7) is 3.79. The molecule has 1 aliphatic heterocycles. The molecule has 0 atom stereocenters. The number of hydrogen-bond acceptors (Lipinski definition) is 6. The molecule has 0 bridgehead atoms. The second-order valence-electron chi connectivity index (χ2n) is 5.40. The van der Waals surface area contributed by atoms with Gasteiger partial charge < -0.3 is 15.0 Å². The molecule has 0 saturated carbocycles. The number of nitrogens with one attached hydrogen (secondary N) is 1. The Kier molecular flexibility index (Phi) is 5.02. The first-order valence-corrected chi connectivity index (χ1v) is 8.80. The van der Waals surface area contributed by atoms with Crippen LogP contribution in [0.3, 0.4) is 0 Å². The summed E-state index contributed by atoms with van der Waals surface area (Å²) in [4.78, 5) is 13.9. The number of benzene rings is 1. The third-order valence-electron chi connectivity index (χ3n) is 3.90. The highest BCUT2D eigenvalue weighted by Crippen LogP contribution is 2.22. The van der Waals surface area contributed by atoms with Crippen molar-refractivity contribution in [3.63, 3.8) is 0 Å². The SMILES string of the molecule is CCOC(=O)C1CCN(C(=S)Nc2ccc3snnc3c2)CC1. The van der Waals surface area contributed by atoms with E-state index in [0.29, 0.717) is 11.7 Å². The lowest BCUT2D eigenvalue weighted by atomic mass is 9.97. The highest BCUT2D eigenvalue weighted by molar-refractivity contribution is 7.80. The Labute approximate surface area is 144 Å². The largest absolute Gasteiger partial charge is 0.466 e. The van der Waals surface area contributed by atoms with Crippen molar-refractivity contribution in [1.82, 2.24) is 14.5 Å². The number of fused-ring (bicyclic) bond motifs is 1. The number of carbonyl (C=O) groups excluding carboxylic acids is 1. The van der Waals surface area contributed by atoms with Gasteiger partial charge in [0.2, 0.25) is 0 Å². The van der Waals surface area contributed by atoms with Gasteiger partial charge in [0, 0.05) is 18.8 Å². The monoisotopic (exact) mass is 350 g/mol. The van der Waals surface area contributed by atoms with Gasteiger partial charge in [0.1, 0.15) is 5.52 Å². The Balaban J connectivity index is 1.56. The number of aromatic nitrogens is 2. The number of hydrogen-bond donors (Lipinski definition) is 1. The number of piperidine rings is 1. The molecule has 0 amide bonds. The van der Waals surface area contributed by atoms with Gasteiger partial charge in [-0.1, -0.05) is 4.49 Å². The zero-order valence-corrected chi connectivity index (χ0v) is 14.5. The summed E-state index contributed by atoms with van der Waals surface area (Å²) in [6, 6.07) is 5.90. The van der Waals surface area contributed by atoms with Crippen LogP contribution in [0.5, 0.6) is 0 Å². The molecule has 0 aliphatic carbocycles. The Morgan fingerprint density at radius 2 is 2.26 bits per heavy atom. The van der Waals surface area contributed by atoms with E-state index in [9.17, 15) is 4.79 Å². The molecule has 3 rings (SSSR count). The molecule has 1 fully saturated rings. The van der Waals surface area contributed by atoms with E-state index in [1.54, 1.807) is 0 Å². The lowest BCUT2D eigenvalue weighted by Gasteiger charge is -2.32. The van der Waals surface area contributed by atoms with Gasteiger partial charge in [-0.3, -0.25) is 4.79 Å². The summed E-state index contributed by atoms with van der Waals surface area (Å²) < 4.78 is 10.1. The molecule has 1 aromatic carbocycles. The van der Waals surface area contributed by atoms with Crippen molar-refractivity contribution in [3.8, 4) is 0 Å². The van der Waals surface area contributed by atoms with Crippen molar-refractivity contribution in [2.24, 2.45) is 5.92 Å². The molecule has 23 heavy (non-hydrogen) atoms. The average Bonchev–Trinajstić information content (AvgIpc) is 3.03. The van der Waals surface area contributed by atoms with Crippen LogP contribution in [0.4, 0.5) is 5.69 Å². The lowest BCUT2D eigenvalue weighted by Crippen LogP contribution is -2.42. The van der Waals surface area contributed by atoms with Gasteiger partial charge in [0.05, 0.1) is 17.2 Å². The van der Waals surface area contributed by atoms with E-state index in [2.05, 4.69) is 19.8 Å². The molecule has 122 valence electrons. The third-order valence-corrected chi connectivity index (χ3v) is 4.97. The van der Waals surface area contributed by atoms with Gasteiger partial charge in [-0.05, 0) is 61.7 Å². The van der Waals surface area contributed by atoms with Crippen LogP contribution in [-0.4, -0.2) is 45.3 Å². The van der Waals surface area contributed by atoms with Crippen molar-refractivity contribution >= 4 is 50.7 Å². The molecule has 0 radical (unpaired) electrons. The molecule has 2 heterocycles. The second-order valence-corrected chi connectivity index (χ2v) is 6.57. The normalized spacial score (nSPS) is 15.6. The molecule has 1 aliphatic rings. The summed E-state index contributed by atoms with van der Waals surface area (Å²) in [7, 11) is 0. The minimum atomic E-state index is -0.0903. The van der Waals surface area contributed by atoms with Crippen molar-refractivity contribution in [1.29, 1.82) is 0 Å². The minimum absolute atomic E-state index is 0.00793. The first kappa shape index (κ1) is 16.1. The molecule has 0 unspecified atom stereocenters. The minimum Gasteiger partial charge on any atom is -0.466 e. The van der Waals surface area contributed by atoms with Crippen LogP contribution >= 0.6 is 23.8 Å². The van der Waals surface area contributed by atoms with E-state index < -0.39 is 0 Å². The van der Waals surface area contributed by atoms with Crippen LogP contribution in [0.15, 0.2) is 18.2 Å². The average molecular weight is 350 g/mol. The number of ether oxygens (including phenoxy) is 1. The molecule has 1 N–H and O–H groups in total. The quantitative estimate of drug-likeness (QED) is 0.674. The number of esters is 1. The second kappa shape index (κ2) is 7.18. The van der Waals surface area contributed by atoms with E-state index in [0.717, 1.165) is 41.8 Å². The molecular weight excluding hydrogens is 332 g/mol. The van der Waals surface area contributed by atoms with E-state index in [1.165, 1.54) is 11.5 Å². The Morgan fingerprint density at radius 1 is 1.48 bits per heavy atom. The first-order chi connectivity index (χ1) is 11.2. The van der Waals surface area contributed by atoms with Gasteiger partial charge in [0.25, 0.3) is 0 Å². The number of rotatable bonds is 3. The van der Waals surface area contributed by atoms with E-state index >= 15 is 0 Å². The first-order valence-electron chi connectivity index (χ1n) is 7.62. The van der Waals surface area contributed by atoms with Crippen LogP contribution in [0.2, 0.25) is 0 Å². The summed E-state index contributed by atoms with van der Waals surface area (Å²) in [6.07, 6.45) is 1.55. The van der Waals surface area contributed by atoms with Crippen LogP contribution in [0.1, 0.15) is 19.8 Å². The zero-order chi connectivity index (χ0) is 16.2. The summed E-state index contributed by atoms with van der Waals surface area (Å²) >= 11 is 6.85. The fourth-order valence-corrected chi connectivity index (χ4v) is 3.48. The van der Waals surface area contributed by atoms with E-state index in [1.807, 2.05) is 25.1 Å². The van der Waals surface area contributed by atoms with E-state index in [4.69, 9.17) is 17.0 Å². The maximum absolute atomic E-state index is 11.8. The molecule has 1 aromatic heterocycles. The maximum Gasteiger partial charge on any atom is 0.309 e. The van der Waals surface area contributed by atoms with E-state index in [-0.39, 0.29) is 11.9 Å². The number of carbonyl (C=O) groups is 1. The van der Waals surface area contributed by atoms with Gasteiger partial charge in [0.15, 0.2) is 5.11 Å². The molecule has 2 aromatic rings. The fraction of sp³-hybridized carbons (Fsp3) is 0.467. The van der Waals surface area contributed by atoms with Crippen LogP contribution in [-0.2, 0) is 9.53 Å². The van der Waals surface area contributed by atoms with Crippen LogP contribution in [0, 0.1) is 5.92 Å². The molecule has 8 heteroatoms. The molecule has 0 spiro atoms. The molecule has 6 nitrogen and oxygen atoms in total. The van der Waals surface area contributed by atoms with Gasteiger partial charge >= 0.3 is 5.97 Å². The highest BCUT2D eigenvalue weighted by Gasteiger charge is 2.27. The fourth-order valence-electron chi connectivity index (χ4n) is 2.64. The standard InChI is InChI=1S/C15H18N4O2S2/c1-2-21-14(20)10-5-7-19(8-6-10)15(22)16-11-3-4-13-12(9-11)17-18-23-13/h3-4,9-10H,2,5-8H2,1H3,(H,16,22). The Bertz CT molecular complexity index is 710. The zero-order valence-electron chi connectivity index (χ0n) is 12.8. The predicted molar refractivity (Wildman–Crippen MR) is 94.6 cm³/mol. The predicted octanol–water partition coefficient (Wildman–Crippen LogP) is 2.66. The van der Waals surface area contributed by atoms with Crippen LogP contribution in [0.25, 0.3) is 10.2 Å². The van der Waals surface area contributed by atoms with Gasteiger partial charge in [-0.25, -0.2) is 0 Å². The molecular formula is C15H18N4O2S2. The number of nitrogens with zero attached hydrogens (tertiary/aromatic N) is 3. The lowest BCUT2D eigenvalue weighted by molar-refractivity contribution is -0.149. The van der Waals surface area contributed by atoms with Crippen LogP contribution < -0.4 is 5.32 Å². The van der Waals surface area contributed by atoms with Gasteiger partial charge in [-0.2, -0.15) is 0 Å². The Morgan fingerprint density at radius 3 is 3.00 bits per heavy atom. The van der Waals surface area contributed by atoms with Crippen molar-refractivity contribution in [2.45, 2.75) is 19.8 Å². The summed E-state index contributed by atoms with van der Waals surface area (Å²) in [5.74, 6) is -0.0982. The van der Waals surface area contributed by atoms with Crippen molar-refractivity contribution in [2.75, 3.05) is 25.0 Å². The van der Waals surface area contributed by atoms with Gasteiger partial charge in [-0.15, -0.1) is 5.10 Å².